The van der Waals surface area contributed by atoms with Crippen LogP contribution in [0.2, 0.25) is 10.3 Å². The van der Waals surface area contributed by atoms with Gasteiger partial charge < -0.3 is 0 Å². The normalized spacial score (nSPS) is 10.7. The molecule has 0 bridgehead atoms. The lowest BCUT2D eigenvalue weighted by Crippen LogP contribution is -1.99. The Morgan fingerprint density at radius 2 is 1.50 bits per heavy atom. The summed E-state index contributed by atoms with van der Waals surface area (Å²) in [5, 5.41) is 0.880. The van der Waals surface area contributed by atoms with Gasteiger partial charge in [-0.25, -0.2) is 9.97 Å². The first-order chi connectivity index (χ1) is 8.54. The van der Waals surface area contributed by atoms with E-state index in [2.05, 4.69) is 9.97 Å². The van der Waals surface area contributed by atoms with Gasteiger partial charge in [0.05, 0.1) is 0 Å². The zero-order valence-corrected chi connectivity index (χ0v) is 12.1. The molecule has 0 saturated carbocycles. The van der Waals surface area contributed by atoms with Gasteiger partial charge in [0.1, 0.15) is 10.3 Å². The van der Waals surface area contributed by atoms with Crippen LogP contribution in [0.15, 0.2) is 18.2 Å². The average Bonchev–Trinajstić information content (AvgIpc) is 2.28. The maximum atomic E-state index is 6.15. The first-order valence-electron chi connectivity index (χ1n) is 5.83. The molecule has 2 nitrogen and oxygen atoms in total. The zero-order chi connectivity index (χ0) is 13.3. The zero-order valence-electron chi connectivity index (χ0n) is 10.6. The average molecular weight is 281 g/mol. The summed E-state index contributed by atoms with van der Waals surface area (Å²) in [6, 6.07) is 6.07. The van der Waals surface area contributed by atoms with Gasteiger partial charge >= 0.3 is 0 Å². The van der Waals surface area contributed by atoms with Crippen LogP contribution in [0.3, 0.4) is 0 Å². The summed E-state index contributed by atoms with van der Waals surface area (Å²) in [6.45, 7) is 6.04. The fourth-order valence-corrected chi connectivity index (χ4v) is 2.66. The van der Waals surface area contributed by atoms with Gasteiger partial charge in [-0.1, -0.05) is 48.3 Å². The van der Waals surface area contributed by atoms with Crippen LogP contribution < -0.4 is 0 Å². The third-order valence-electron chi connectivity index (χ3n) is 2.96. The first kappa shape index (κ1) is 13.3. The van der Waals surface area contributed by atoms with Crippen molar-refractivity contribution in [3.8, 4) is 11.4 Å². The fourth-order valence-electron chi connectivity index (χ4n) is 2.00. The highest BCUT2D eigenvalue weighted by atomic mass is 35.5. The lowest BCUT2D eigenvalue weighted by atomic mass is 10.0. The molecule has 0 aliphatic heterocycles. The molecule has 18 heavy (non-hydrogen) atoms. The van der Waals surface area contributed by atoms with E-state index >= 15 is 0 Å². The first-order valence-corrected chi connectivity index (χ1v) is 6.58. The van der Waals surface area contributed by atoms with Gasteiger partial charge in [0.15, 0.2) is 5.82 Å². The maximum absolute atomic E-state index is 6.15. The van der Waals surface area contributed by atoms with Crippen molar-refractivity contribution in [2.24, 2.45) is 0 Å². The summed E-state index contributed by atoms with van der Waals surface area (Å²) in [5.41, 5.74) is 4.04. The van der Waals surface area contributed by atoms with Gasteiger partial charge in [0.25, 0.3) is 0 Å². The predicted octanol–water partition coefficient (Wildman–Crippen LogP) is 4.63. The lowest BCUT2D eigenvalue weighted by Gasteiger charge is -2.10. The Bertz CT molecular complexity index is 551. The molecule has 1 heterocycles. The smallest absolute Gasteiger partial charge is 0.163 e. The van der Waals surface area contributed by atoms with E-state index in [1.807, 2.05) is 39.0 Å². The van der Waals surface area contributed by atoms with E-state index in [9.17, 15) is 0 Å². The van der Waals surface area contributed by atoms with E-state index in [1.165, 1.54) is 0 Å². The third-order valence-corrected chi connectivity index (χ3v) is 3.59. The van der Waals surface area contributed by atoms with Crippen molar-refractivity contribution < 1.29 is 0 Å². The summed E-state index contributed by atoms with van der Waals surface area (Å²) in [4.78, 5) is 8.73. The SMILES string of the molecule is CCc1c(Cl)nc(-c2c(C)cccc2C)nc1Cl. The molecule has 0 radical (unpaired) electrons. The highest BCUT2D eigenvalue weighted by Crippen LogP contribution is 2.29. The molecule has 0 unspecified atom stereocenters. The number of benzene rings is 1. The Morgan fingerprint density at radius 3 is 1.94 bits per heavy atom. The Balaban J connectivity index is 2.66. The van der Waals surface area contributed by atoms with Gasteiger partial charge in [-0.15, -0.1) is 0 Å². The molecule has 0 fully saturated rings. The van der Waals surface area contributed by atoms with E-state index in [0.29, 0.717) is 16.1 Å². The van der Waals surface area contributed by atoms with Gasteiger partial charge in [-0.05, 0) is 31.4 Å². The van der Waals surface area contributed by atoms with Crippen molar-refractivity contribution in [2.75, 3.05) is 0 Å². The number of hydrogen-bond donors (Lipinski definition) is 0. The van der Waals surface area contributed by atoms with Gasteiger partial charge in [-0.2, -0.15) is 0 Å². The molecule has 1 aromatic heterocycles. The van der Waals surface area contributed by atoms with E-state index in [4.69, 9.17) is 23.2 Å². The van der Waals surface area contributed by atoms with Gasteiger partial charge in [-0.3, -0.25) is 0 Å². The van der Waals surface area contributed by atoms with Crippen molar-refractivity contribution in [1.29, 1.82) is 0 Å². The largest absolute Gasteiger partial charge is 0.216 e. The molecular weight excluding hydrogens is 267 g/mol. The fraction of sp³-hybridized carbons (Fsp3) is 0.286. The lowest BCUT2D eigenvalue weighted by molar-refractivity contribution is 1.05. The molecule has 0 saturated heterocycles. The second-order valence-corrected chi connectivity index (χ2v) is 4.94. The molecule has 0 aliphatic carbocycles. The molecule has 0 aliphatic rings. The second-order valence-electron chi connectivity index (χ2n) is 4.23. The van der Waals surface area contributed by atoms with Gasteiger partial charge in [0, 0.05) is 11.1 Å². The summed E-state index contributed by atoms with van der Waals surface area (Å²) in [7, 11) is 0. The second kappa shape index (κ2) is 5.25. The summed E-state index contributed by atoms with van der Waals surface area (Å²) < 4.78 is 0. The van der Waals surface area contributed by atoms with Crippen LogP contribution in [0.5, 0.6) is 0 Å². The Morgan fingerprint density at radius 1 is 1.00 bits per heavy atom. The molecule has 0 amide bonds. The Kier molecular flexibility index (Phi) is 3.88. The molecule has 0 atom stereocenters. The third kappa shape index (κ3) is 2.36. The molecular formula is C14H14Cl2N2. The van der Waals surface area contributed by atoms with E-state index in [0.717, 1.165) is 28.7 Å². The van der Waals surface area contributed by atoms with Crippen LogP contribution in [0, 0.1) is 13.8 Å². The number of rotatable bonds is 2. The van der Waals surface area contributed by atoms with Crippen LogP contribution in [0.25, 0.3) is 11.4 Å². The topological polar surface area (TPSA) is 25.8 Å². The highest BCUT2D eigenvalue weighted by Gasteiger charge is 2.14. The maximum Gasteiger partial charge on any atom is 0.163 e. The molecule has 1 aromatic carbocycles. The standard InChI is InChI=1S/C14H14Cl2N2/c1-4-10-12(15)17-14(18-13(10)16)11-8(2)6-5-7-9(11)3/h5-7H,4H2,1-3H3. The number of aromatic nitrogens is 2. The minimum atomic E-state index is 0.440. The minimum absolute atomic E-state index is 0.440. The van der Waals surface area contributed by atoms with Crippen molar-refractivity contribution >= 4 is 23.2 Å². The van der Waals surface area contributed by atoms with Crippen LogP contribution >= 0.6 is 23.2 Å². The van der Waals surface area contributed by atoms with E-state index in [1.54, 1.807) is 0 Å². The van der Waals surface area contributed by atoms with Gasteiger partial charge in [0.2, 0.25) is 0 Å². The number of nitrogens with zero attached hydrogens (tertiary/aromatic N) is 2. The van der Waals surface area contributed by atoms with Crippen LogP contribution in [-0.2, 0) is 6.42 Å². The molecule has 94 valence electrons. The van der Waals surface area contributed by atoms with Crippen molar-refractivity contribution in [1.82, 2.24) is 9.97 Å². The van der Waals surface area contributed by atoms with E-state index < -0.39 is 0 Å². The predicted molar refractivity (Wildman–Crippen MR) is 76.3 cm³/mol. The number of hydrogen-bond acceptors (Lipinski definition) is 2. The highest BCUT2D eigenvalue weighted by molar-refractivity contribution is 6.34. The Labute approximate surface area is 117 Å². The molecule has 2 rings (SSSR count). The van der Waals surface area contributed by atoms with Crippen molar-refractivity contribution in [3.05, 3.63) is 45.2 Å². The number of halogens is 2. The molecule has 2 aromatic rings. The summed E-state index contributed by atoms with van der Waals surface area (Å²) in [6.07, 6.45) is 0.727. The summed E-state index contributed by atoms with van der Waals surface area (Å²) in [5.74, 6) is 0.595. The molecule has 0 spiro atoms. The van der Waals surface area contributed by atoms with Crippen molar-refractivity contribution in [3.63, 3.8) is 0 Å². The quantitative estimate of drug-likeness (QED) is 0.750. The van der Waals surface area contributed by atoms with Crippen LogP contribution in [-0.4, -0.2) is 9.97 Å². The minimum Gasteiger partial charge on any atom is -0.216 e. The monoisotopic (exact) mass is 280 g/mol. The van der Waals surface area contributed by atoms with Crippen LogP contribution in [0.1, 0.15) is 23.6 Å². The van der Waals surface area contributed by atoms with Crippen molar-refractivity contribution in [2.45, 2.75) is 27.2 Å². The Hall–Kier alpha value is -1.12. The molecule has 0 N–H and O–H groups in total. The molecule has 4 heteroatoms. The van der Waals surface area contributed by atoms with E-state index in [-0.39, 0.29) is 0 Å². The summed E-state index contributed by atoms with van der Waals surface area (Å²) >= 11 is 12.3. The number of aryl methyl sites for hydroxylation is 2. The van der Waals surface area contributed by atoms with Crippen LogP contribution in [0.4, 0.5) is 0 Å².